The zero-order valence-corrected chi connectivity index (χ0v) is 19.4. The summed E-state index contributed by atoms with van der Waals surface area (Å²) in [6.07, 6.45) is 4.33. The number of benzene rings is 2. The normalized spacial score (nSPS) is 15.2. The molecule has 2 aromatic carbocycles. The highest BCUT2D eigenvalue weighted by molar-refractivity contribution is 8.13. The molecule has 0 aliphatic carbocycles. The van der Waals surface area contributed by atoms with E-state index < -0.39 is 6.55 Å². The van der Waals surface area contributed by atoms with Gasteiger partial charge in [0.1, 0.15) is 11.5 Å². The second-order valence-corrected chi connectivity index (χ2v) is 8.98. The van der Waals surface area contributed by atoms with Crippen LogP contribution in [0.25, 0.3) is 6.08 Å². The van der Waals surface area contributed by atoms with Crippen LogP contribution in [-0.4, -0.2) is 20.6 Å². The standard InChI is InChI=1S/C25H24F2N4OS/c1-16(2)19-8-6-18(7-9-19)14-21-23(32)31(20-10-4-17(3)5-11-20)25(29-21)33-15-22-28-12-13-30(22)24(26)27/h4-14,16,24H,15H2,1-3H3/b21-14-. The number of nitrogens with zero attached hydrogens (tertiary/aromatic N) is 4. The minimum Gasteiger partial charge on any atom is -0.277 e. The van der Waals surface area contributed by atoms with Crippen LogP contribution in [0, 0.1) is 6.92 Å². The lowest BCUT2D eigenvalue weighted by Crippen LogP contribution is -2.30. The van der Waals surface area contributed by atoms with E-state index in [2.05, 4.69) is 23.8 Å². The molecule has 0 saturated heterocycles. The van der Waals surface area contributed by atoms with E-state index in [1.165, 1.54) is 34.6 Å². The first-order valence-electron chi connectivity index (χ1n) is 10.6. The summed E-state index contributed by atoms with van der Waals surface area (Å²) in [6, 6.07) is 15.5. The molecule has 2 heterocycles. The topological polar surface area (TPSA) is 50.5 Å². The highest BCUT2D eigenvalue weighted by Crippen LogP contribution is 2.31. The van der Waals surface area contributed by atoms with E-state index in [1.807, 2.05) is 55.5 Å². The number of amidine groups is 1. The molecule has 1 amide bonds. The number of aryl methyl sites for hydroxylation is 1. The van der Waals surface area contributed by atoms with Crippen LogP contribution in [-0.2, 0) is 10.5 Å². The molecule has 4 rings (SSSR count). The van der Waals surface area contributed by atoms with Gasteiger partial charge in [-0.25, -0.2) is 9.98 Å². The number of thioether (sulfide) groups is 1. The van der Waals surface area contributed by atoms with Crippen molar-refractivity contribution in [2.45, 2.75) is 39.0 Å². The Hall–Kier alpha value is -3.26. The van der Waals surface area contributed by atoms with Crippen molar-refractivity contribution in [1.82, 2.24) is 9.55 Å². The number of hydrogen-bond donors (Lipinski definition) is 0. The van der Waals surface area contributed by atoms with Gasteiger partial charge in [0.15, 0.2) is 5.17 Å². The quantitative estimate of drug-likeness (QED) is 0.396. The number of imidazole rings is 1. The summed E-state index contributed by atoms with van der Waals surface area (Å²) >= 11 is 1.20. The molecule has 5 nitrogen and oxygen atoms in total. The first-order valence-corrected chi connectivity index (χ1v) is 11.6. The van der Waals surface area contributed by atoms with Crippen molar-refractivity contribution in [3.63, 3.8) is 0 Å². The van der Waals surface area contributed by atoms with Crippen LogP contribution < -0.4 is 4.90 Å². The van der Waals surface area contributed by atoms with Crippen LogP contribution in [0.4, 0.5) is 14.5 Å². The predicted molar refractivity (Wildman–Crippen MR) is 129 cm³/mol. The average Bonchev–Trinajstić information content (AvgIpc) is 3.38. The van der Waals surface area contributed by atoms with Crippen LogP contribution in [0.1, 0.15) is 48.8 Å². The van der Waals surface area contributed by atoms with E-state index in [-0.39, 0.29) is 17.5 Å². The highest BCUT2D eigenvalue weighted by atomic mass is 32.2. The van der Waals surface area contributed by atoms with Crippen molar-refractivity contribution in [1.29, 1.82) is 0 Å². The van der Waals surface area contributed by atoms with Gasteiger partial charge in [0.05, 0.1) is 11.4 Å². The number of anilines is 1. The fourth-order valence-electron chi connectivity index (χ4n) is 3.41. The number of alkyl halides is 2. The Kier molecular flexibility index (Phi) is 6.74. The lowest BCUT2D eigenvalue weighted by Gasteiger charge is -2.18. The smallest absolute Gasteiger partial charge is 0.277 e. The molecule has 1 aliphatic heterocycles. The van der Waals surface area contributed by atoms with Crippen LogP contribution in [0.3, 0.4) is 0 Å². The molecule has 0 N–H and O–H groups in total. The number of carbonyl (C=O) groups is 1. The second-order valence-electron chi connectivity index (χ2n) is 8.04. The van der Waals surface area contributed by atoms with Gasteiger partial charge in [0, 0.05) is 12.4 Å². The van der Waals surface area contributed by atoms with Crippen molar-refractivity contribution >= 4 is 34.6 Å². The number of hydrogen-bond acceptors (Lipinski definition) is 4. The fourth-order valence-corrected chi connectivity index (χ4v) is 4.37. The zero-order chi connectivity index (χ0) is 23.5. The summed E-state index contributed by atoms with van der Waals surface area (Å²) in [5, 5.41) is 0.428. The first-order chi connectivity index (χ1) is 15.8. The Morgan fingerprint density at radius 3 is 2.39 bits per heavy atom. The zero-order valence-electron chi connectivity index (χ0n) is 18.6. The van der Waals surface area contributed by atoms with Crippen LogP contribution >= 0.6 is 11.8 Å². The van der Waals surface area contributed by atoms with Gasteiger partial charge >= 0.3 is 6.55 Å². The fraction of sp³-hybridized carbons (Fsp3) is 0.240. The van der Waals surface area contributed by atoms with Crippen LogP contribution in [0.5, 0.6) is 0 Å². The molecule has 1 aliphatic rings. The molecule has 0 saturated carbocycles. The molecule has 8 heteroatoms. The monoisotopic (exact) mass is 466 g/mol. The Balaban J connectivity index is 1.65. The third-order valence-electron chi connectivity index (χ3n) is 5.32. The number of rotatable bonds is 6. The van der Waals surface area contributed by atoms with Crippen molar-refractivity contribution in [2.24, 2.45) is 4.99 Å². The molecule has 0 atom stereocenters. The number of aliphatic imine (C=N–C) groups is 1. The van der Waals surface area contributed by atoms with Gasteiger partial charge in [-0.1, -0.05) is 67.6 Å². The van der Waals surface area contributed by atoms with E-state index in [0.29, 0.717) is 22.5 Å². The average molecular weight is 467 g/mol. The summed E-state index contributed by atoms with van der Waals surface area (Å²) in [4.78, 5) is 23.4. The molecule has 1 aromatic heterocycles. The summed E-state index contributed by atoms with van der Waals surface area (Å²) in [5.41, 5.74) is 4.12. The van der Waals surface area contributed by atoms with E-state index in [0.717, 1.165) is 15.7 Å². The molecule has 0 unspecified atom stereocenters. The highest BCUT2D eigenvalue weighted by Gasteiger charge is 2.32. The molecule has 3 aromatic rings. The molecule has 33 heavy (non-hydrogen) atoms. The second kappa shape index (κ2) is 9.70. The third kappa shape index (κ3) is 5.06. The summed E-state index contributed by atoms with van der Waals surface area (Å²) in [6.45, 7) is 3.55. The number of aromatic nitrogens is 2. The molecule has 0 radical (unpaired) electrons. The molecule has 0 spiro atoms. The molecular formula is C25H24F2N4OS. The van der Waals surface area contributed by atoms with Gasteiger partial charge in [0.25, 0.3) is 5.91 Å². The Bertz CT molecular complexity index is 1200. The lowest BCUT2D eigenvalue weighted by atomic mass is 10.0. The Morgan fingerprint density at radius 2 is 1.76 bits per heavy atom. The van der Waals surface area contributed by atoms with E-state index in [1.54, 1.807) is 6.08 Å². The molecule has 0 fully saturated rings. The summed E-state index contributed by atoms with van der Waals surface area (Å²) in [7, 11) is 0. The third-order valence-corrected chi connectivity index (χ3v) is 6.25. The molecule has 0 bridgehead atoms. The Morgan fingerprint density at radius 1 is 1.06 bits per heavy atom. The minimum atomic E-state index is -2.67. The van der Waals surface area contributed by atoms with Crippen LogP contribution in [0.2, 0.25) is 0 Å². The van der Waals surface area contributed by atoms with Crippen molar-refractivity contribution in [3.8, 4) is 0 Å². The van der Waals surface area contributed by atoms with Gasteiger partial charge in [-0.15, -0.1) is 0 Å². The van der Waals surface area contributed by atoms with E-state index in [4.69, 9.17) is 0 Å². The van der Waals surface area contributed by atoms with Crippen molar-refractivity contribution < 1.29 is 13.6 Å². The lowest BCUT2D eigenvalue weighted by molar-refractivity contribution is -0.113. The first kappa shape index (κ1) is 22.9. The van der Waals surface area contributed by atoms with Gasteiger partial charge in [0.2, 0.25) is 0 Å². The van der Waals surface area contributed by atoms with Gasteiger partial charge in [-0.2, -0.15) is 8.78 Å². The van der Waals surface area contributed by atoms with Gasteiger partial charge < -0.3 is 0 Å². The van der Waals surface area contributed by atoms with Gasteiger partial charge in [-0.05, 0) is 42.2 Å². The number of halogens is 2. The van der Waals surface area contributed by atoms with Crippen molar-refractivity contribution in [2.75, 3.05) is 4.90 Å². The Labute approximate surface area is 195 Å². The summed E-state index contributed by atoms with van der Waals surface area (Å²) < 4.78 is 27.2. The van der Waals surface area contributed by atoms with E-state index >= 15 is 0 Å². The van der Waals surface area contributed by atoms with Crippen LogP contribution in [0.15, 0.2) is 71.6 Å². The SMILES string of the molecule is Cc1ccc(N2C(=O)/C(=C/c3ccc(C(C)C)cc3)N=C2SCc2nccn2C(F)F)cc1. The largest absolute Gasteiger partial charge is 0.319 e. The maximum atomic E-state index is 13.3. The van der Waals surface area contributed by atoms with Gasteiger partial charge in [-0.3, -0.25) is 14.3 Å². The van der Waals surface area contributed by atoms with E-state index in [9.17, 15) is 13.6 Å². The van der Waals surface area contributed by atoms with Crippen molar-refractivity contribution in [3.05, 3.63) is 89.1 Å². The predicted octanol–water partition coefficient (Wildman–Crippen LogP) is 6.39. The molecular weight excluding hydrogens is 442 g/mol. The number of carbonyl (C=O) groups excluding carboxylic acids is 1. The maximum Gasteiger partial charge on any atom is 0.319 e. The minimum absolute atomic E-state index is 0.155. The summed E-state index contributed by atoms with van der Waals surface area (Å²) in [5.74, 6) is 0.531. The maximum absolute atomic E-state index is 13.3. The number of amides is 1. The molecule has 170 valence electrons.